The van der Waals surface area contributed by atoms with Crippen molar-refractivity contribution in [3.8, 4) is 11.4 Å². The van der Waals surface area contributed by atoms with Crippen LogP contribution in [0.4, 0.5) is 10.4 Å². The van der Waals surface area contributed by atoms with E-state index >= 15 is 0 Å². The van der Waals surface area contributed by atoms with Crippen LogP contribution in [0.1, 0.15) is 0 Å². The van der Waals surface area contributed by atoms with Gasteiger partial charge in [-0.05, 0) is 18.2 Å². The Morgan fingerprint density at radius 3 is 2.87 bits per heavy atom. The predicted octanol–water partition coefficient (Wildman–Crippen LogP) is 1.81. The van der Waals surface area contributed by atoms with E-state index < -0.39 is 5.82 Å². The van der Waals surface area contributed by atoms with Crippen LogP contribution in [0.15, 0.2) is 22.7 Å². The second-order valence-corrected chi connectivity index (χ2v) is 3.10. The summed E-state index contributed by atoms with van der Waals surface area (Å²) >= 11 is 5.80. The number of aromatic nitrogens is 2. The van der Waals surface area contributed by atoms with Crippen LogP contribution in [0.2, 0.25) is 5.02 Å². The van der Waals surface area contributed by atoms with E-state index in [-0.39, 0.29) is 16.9 Å². The molecular formula is C8H6ClFN4O. The molecule has 15 heavy (non-hydrogen) atoms. The number of halogens is 2. The average molecular weight is 229 g/mol. The van der Waals surface area contributed by atoms with Crippen molar-refractivity contribution in [2.75, 3.05) is 5.43 Å². The Morgan fingerprint density at radius 2 is 2.27 bits per heavy atom. The SMILES string of the molecule is NNc1nc(-c2ccc(F)cc2Cl)no1. The standard InChI is InChI=1S/C8H6ClFN4O/c9-6-3-4(10)1-2-5(6)7-12-8(13-11)15-14-7/h1-3H,11H2,(H,12,13,14). The highest BCUT2D eigenvalue weighted by atomic mass is 35.5. The van der Waals surface area contributed by atoms with E-state index in [4.69, 9.17) is 22.0 Å². The van der Waals surface area contributed by atoms with Crippen LogP contribution in [0, 0.1) is 5.82 Å². The normalized spacial score (nSPS) is 10.3. The minimum absolute atomic E-state index is 0.0605. The fourth-order valence-corrected chi connectivity index (χ4v) is 1.31. The summed E-state index contributed by atoms with van der Waals surface area (Å²) in [4.78, 5) is 3.87. The quantitative estimate of drug-likeness (QED) is 0.606. The Bertz CT molecular complexity index is 487. The minimum atomic E-state index is -0.426. The minimum Gasteiger partial charge on any atom is -0.314 e. The number of hydrogen-bond donors (Lipinski definition) is 2. The molecule has 0 spiro atoms. The maximum absolute atomic E-state index is 12.8. The molecule has 0 atom stereocenters. The number of nitrogens with zero attached hydrogens (tertiary/aromatic N) is 2. The van der Waals surface area contributed by atoms with Gasteiger partial charge in [-0.15, -0.1) is 0 Å². The Kier molecular flexibility index (Phi) is 2.53. The number of nitrogens with one attached hydrogen (secondary N) is 1. The molecule has 1 aromatic carbocycles. The van der Waals surface area contributed by atoms with Gasteiger partial charge in [0.2, 0.25) is 5.82 Å². The van der Waals surface area contributed by atoms with Crippen LogP contribution in [-0.2, 0) is 0 Å². The maximum Gasteiger partial charge on any atom is 0.335 e. The summed E-state index contributed by atoms with van der Waals surface area (Å²) in [5, 5.41) is 3.82. The van der Waals surface area contributed by atoms with E-state index in [1.807, 2.05) is 0 Å². The second kappa shape index (κ2) is 3.84. The Hall–Kier alpha value is -1.66. The molecule has 0 fully saturated rings. The van der Waals surface area contributed by atoms with Crippen LogP contribution < -0.4 is 11.3 Å². The lowest BCUT2D eigenvalue weighted by atomic mass is 10.2. The van der Waals surface area contributed by atoms with Crippen molar-refractivity contribution in [3.05, 3.63) is 29.0 Å². The third kappa shape index (κ3) is 1.90. The molecule has 2 rings (SSSR count). The van der Waals surface area contributed by atoms with Crippen LogP contribution >= 0.6 is 11.6 Å². The van der Waals surface area contributed by atoms with Crippen LogP contribution in [-0.4, -0.2) is 10.1 Å². The van der Waals surface area contributed by atoms with E-state index in [1.54, 1.807) is 0 Å². The summed E-state index contributed by atoms with van der Waals surface area (Å²) in [5.74, 6) is 4.88. The number of rotatable bonds is 2. The van der Waals surface area contributed by atoms with E-state index in [2.05, 4.69) is 15.6 Å². The highest BCUT2D eigenvalue weighted by Gasteiger charge is 2.11. The molecular weight excluding hydrogens is 223 g/mol. The topological polar surface area (TPSA) is 77.0 Å². The number of nitrogens with two attached hydrogens (primary N) is 1. The van der Waals surface area contributed by atoms with Gasteiger partial charge in [0, 0.05) is 5.56 Å². The Balaban J connectivity index is 2.44. The first-order valence-corrected chi connectivity index (χ1v) is 4.34. The first-order chi connectivity index (χ1) is 7.20. The molecule has 7 heteroatoms. The van der Waals surface area contributed by atoms with Crippen LogP contribution in [0.5, 0.6) is 0 Å². The average Bonchev–Trinajstić information content (AvgIpc) is 2.66. The van der Waals surface area contributed by atoms with E-state index in [9.17, 15) is 4.39 Å². The molecule has 2 aromatic rings. The molecule has 0 saturated heterocycles. The fraction of sp³-hybridized carbons (Fsp3) is 0. The largest absolute Gasteiger partial charge is 0.335 e. The highest BCUT2D eigenvalue weighted by molar-refractivity contribution is 6.33. The van der Waals surface area contributed by atoms with Crippen molar-refractivity contribution in [1.29, 1.82) is 0 Å². The van der Waals surface area contributed by atoms with Crippen molar-refractivity contribution in [2.24, 2.45) is 5.84 Å². The fourth-order valence-electron chi connectivity index (χ4n) is 1.06. The van der Waals surface area contributed by atoms with Gasteiger partial charge in [-0.3, -0.25) is 5.43 Å². The molecule has 78 valence electrons. The smallest absolute Gasteiger partial charge is 0.314 e. The van der Waals surface area contributed by atoms with Gasteiger partial charge in [0.1, 0.15) is 5.82 Å². The Morgan fingerprint density at radius 1 is 1.47 bits per heavy atom. The molecule has 1 aromatic heterocycles. The van der Waals surface area contributed by atoms with Gasteiger partial charge in [-0.25, -0.2) is 10.2 Å². The van der Waals surface area contributed by atoms with Crippen LogP contribution in [0.3, 0.4) is 0 Å². The summed E-state index contributed by atoms with van der Waals surface area (Å²) in [6.45, 7) is 0. The third-order valence-corrected chi connectivity index (χ3v) is 2.03. The summed E-state index contributed by atoms with van der Waals surface area (Å²) in [6, 6.07) is 3.95. The summed E-state index contributed by atoms with van der Waals surface area (Å²) in [7, 11) is 0. The van der Waals surface area contributed by atoms with Gasteiger partial charge < -0.3 is 4.52 Å². The lowest BCUT2D eigenvalue weighted by Crippen LogP contribution is -2.06. The van der Waals surface area contributed by atoms with Gasteiger partial charge in [-0.2, -0.15) is 4.98 Å². The lowest BCUT2D eigenvalue weighted by Gasteiger charge is -1.97. The van der Waals surface area contributed by atoms with E-state index in [0.29, 0.717) is 5.56 Å². The van der Waals surface area contributed by atoms with E-state index in [1.165, 1.54) is 18.2 Å². The molecule has 1 heterocycles. The van der Waals surface area contributed by atoms with E-state index in [0.717, 1.165) is 0 Å². The monoisotopic (exact) mass is 228 g/mol. The first kappa shape index (κ1) is 9.88. The molecule has 0 unspecified atom stereocenters. The molecule has 0 bridgehead atoms. The van der Waals surface area contributed by atoms with Gasteiger partial charge in [-0.1, -0.05) is 16.8 Å². The molecule has 0 radical (unpaired) electrons. The van der Waals surface area contributed by atoms with Gasteiger partial charge in [0.15, 0.2) is 0 Å². The molecule has 5 nitrogen and oxygen atoms in total. The van der Waals surface area contributed by atoms with Crippen molar-refractivity contribution in [1.82, 2.24) is 10.1 Å². The van der Waals surface area contributed by atoms with Gasteiger partial charge >= 0.3 is 6.01 Å². The number of hydrazine groups is 1. The second-order valence-electron chi connectivity index (χ2n) is 2.69. The third-order valence-electron chi connectivity index (χ3n) is 1.72. The summed E-state index contributed by atoms with van der Waals surface area (Å²) < 4.78 is 17.5. The van der Waals surface area contributed by atoms with Crippen molar-refractivity contribution < 1.29 is 8.91 Å². The molecule has 0 aliphatic rings. The molecule has 0 amide bonds. The zero-order valence-corrected chi connectivity index (χ0v) is 8.12. The van der Waals surface area contributed by atoms with Crippen LogP contribution in [0.25, 0.3) is 11.4 Å². The zero-order chi connectivity index (χ0) is 10.8. The number of anilines is 1. The highest BCUT2D eigenvalue weighted by Crippen LogP contribution is 2.26. The molecule has 0 saturated carbocycles. The predicted molar refractivity (Wildman–Crippen MR) is 52.5 cm³/mol. The van der Waals surface area contributed by atoms with Gasteiger partial charge in [0.05, 0.1) is 5.02 Å². The van der Waals surface area contributed by atoms with Crippen molar-refractivity contribution >= 4 is 17.6 Å². The summed E-state index contributed by atoms with van der Waals surface area (Å²) in [6.07, 6.45) is 0. The van der Waals surface area contributed by atoms with Crippen molar-refractivity contribution in [3.63, 3.8) is 0 Å². The zero-order valence-electron chi connectivity index (χ0n) is 7.37. The lowest BCUT2D eigenvalue weighted by molar-refractivity contribution is 0.432. The summed E-state index contributed by atoms with van der Waals surface area (Å²) in [5.41, 5.74) is 2.67. The molecule has 0 aliphatic heterocycles. The number of hydrogen-bond acceptors (Lipinski definition) is 5. The first-order valence-electron chi connectivity index (χ1n) is 3.96. The molecule has 3 N–H and O–H groups in total. The van der Waals surface area contributed by atoms with Gasteiger partial charge in [0.25, 0.3) is 0 Å². The number of nitrogen functional groups attached to an aromatic ring is 1. The number of benzene rings is 1. The molecule has 0 aliphatic carbocycles. The maximum atomic E-state index is 12.8. The Labute approximate surface area is 89.0 Å². The van der Waals surface area contributed by atoms with Crippen molar-refractivity contribution in [2.45, 2.75) is 0 Å².